The Balaban J connectivity index is 2.24. The van der Waals surface area contributed by atoms with Crippen molar-refractivity contribution in [3.63, 3.8) is 0 Å². The number of hydrogen-bond acceptors (Lipinski definition) is 4. The lowest BCUT2D eigenvalue weighted by Gasteiger charge is -2.24. The third-order valence-electron chi connectivity index (χ3n) is 2.93. The van der Waals surface area contributed by atoms with Gasteiger partial charge in [-0.25, -0.2) is 4.39 Å². The monoisotopic (exact) mass is 317 g/mol. The Morgan fingerprint density at radius 3 is 2.72 bits per heavy atom. The largest absolute Gasteiger partial charge is 0.377 e. The molecule has 0 amide bonds. The average Bonchev–Trinajstić information content (AvgIpc) is 2.34. The highest BCUT2D eigenvalue weighted by Gasteiger charge is 2.21. The predicted molar refractivity (Wildman–Crippen MR) is 70.3 cm³/mol. The molecule has 7 heteroatoms. The smallest absolute Gasteiger partial charge is 0.293 e. The number of anilines is 1. The molecule has 1 saturated heterocycles. The maximum absolute atomic E-state index is 13.5. The van der Waals surface area contributed by atoms with Crippen molar-refractivity contribution >= 4 is 27.3 Å². The third kappa shape index (κ3) is 2.97. The summed E-state index contributed by atoms with van der Waals surface area (Å²) in [6.45, 7) is 1.73. The highest BCUT2D eigenvalue weighted by molar-refractivity contribution is 9.10. The Morgan fingerprint density at radius 2 is 2.11 bits per heavy atom. The molecule has 1 heterocycles. The molecule has 1 aromatic rings. The van der Waals surface area contributed by atoms with E-state index in [1.54, 1.807) is 0 Å². The molecule has 2 N–H and O–H groups in total. The van der Waals surface area contributed by atoms with Crippen LogP contribution in [0.15, 0.2) is 16.6 Å². The minimum atomic E-state index is -0.506. The van der Waals surface area contributed by atoms with Crippen molar-refractivity contribution in [3.05, 3.63) is 32.5 Å². The summed E-state index contributed by atoms with van der Waals surface area (Å²) in [4.78, 5) is 10.4. The molecule has 0 bridgehead atoms. The van der Waals surface area contributed by atoms with Gasteiger partial charge < -0.3 is 10.6 Å². The van der Waals surface area contributed by atoms with Gasteiger partial charge in [0.15, 0.2) is 0 Å². The van der Waals surface area contributed by atoms with Crippen molar-refractivity contribution in [1.29, 1.82) is 0 Å². The maximum atomic E-state index is 13.5. The maximum Gasteiger partial charge on any atom is 0.293 e. The zero-order chi connectivity index (χ0) is 13.1. The summed E-state index contributed by atoms with van der Waals surface area (Å²) in [6.07, 6.45) is 1.74. The van der Waals surface area contributed by atoms with E-state index < -0.39 is 10.7 Å². The van der Waals surface area contributed by atoms with E-state index in [2.05, 4.69) is 26.6 Å². The Labute approximate surface area is 112 Å². The molecule has 5 nitrogen and oxygen atoms in total. The molecular formula is C11H13BrFN3O2. The summed E-state index contributed by atoms with van der Waals surface area (Å²) in [5, 5.41) is 17.2. The van der Waals surface area contributed by atoms with Gasteiger partial charge in [0.25, 0.3) is 5.69 Å². The van der Waals surface area contributed by atoms with Gasteiger partial charge in [0, 0.05) is 18.2 Å². The zero-order valence-corrected chi connectivity index (χ0v) is 11.2. The van der Waals surface area contributed by atoms with Gasteiger partial charge in [-0.1, -0.05) is 0 Å². The molecule has 18 heavy (non-hydrogen) atoms. The van der Waals surface area contributed by atoms with Crippen LogP contribution in [0.2, 0.25) is 0 Å². The molecule has 2 rings (SSSR count). The van der Waals surface area contributed by atoms with E-state index in [0.29, 0.717) is 0 Å². The van der Waals surface area contributed by atoms with E-state index in [4.69, 9.17) is 0 Å². The number of nitro groups is 1. The molecule has 1 aromatic carbocycles. The van der Waals surface area contributed by atoms with Gasteiger partial charge in [-0.15, -0.1) is 0 Å². The number of rotatable bonds is 3. The van der Waals surface area contributed by atoms with Crippen LogP contribution >= 0.6 is 15.9 Å². The number of benzene rings is 1. The van der Waals surface area contributed by atoms with E-state index in [0.717, 1.165) is 25.9 Å². The number of nitrogens with one attached hydrogen (secondary N) is 2. The fourth-order valence-electron chi connectivity index (χ4n) is 1.99. The normalized spacial score (nSPS) is 16.6. The van der Waals surface area contributed by atoms with Crippen LogP contribution in [0, 0.1) is 15.9 Å². The van der Waals surface area contributed by atoms with Crippen LogP contribution in [0.3, 0.4) is 0 Å². The summed E-state index contributed by atoms with van der Waals surface area (Å²) in [5.74, 6) is -0.503. The van der Waals surface area contributed by atoms with Crippen molar-refractivity contribution in [3.8, 4) is 0 Å². The number of nitro benzene ring substituents is 1. The van der Waals surface area contributed by atoms with Crippen LogP contribution in [0.5, 0.6) is 0 Å². The molecular weight excluding hydrogens is 305 g/mol. The lowest BCUT2D eigenvalue weighted by atomic mass is 10.1. The first kappa shape index (κ1) is 13.2. The summed E-state index contributed by atoms with van der Waals surface area (Å²) in [5.41, 5.74) is 0.134. The van der Waals surface area contributed by atoms with Gasteiger partial charge >= 0.3 is 0 Å². The average molecular weight is 318 g/mol. The van der Waals surface area contributed by atoms with E-state index >= 15 is 0 Å². The quantitative estimate of drug-likeness (QED) is 0.664. The highest BCUT2D eigenvalue weighted by atomic mass is 79.9. The minimum Gasteiger partial charge on any atom is -0.377 e. The first-order valence-corrected chi connectivity index (χ1v) is 6.48. The van der Waals surface area contributed by atoms with Crippen LogP contribution in [0.4, 0.5) is 15.8 Å². The second-order valence-electron chi connectivity index (χ2n) is 4.21. The van der Waals surface area contributed by atoms with Crippen molar-refractivity contribution < 1.29 is 9.31 Å². The van der Waals surface area contributed by atoms with E-state index in [1.165, 1.54) is 12.1 Å². The number of nitrogens with zero attached hydrogens (tertiary/aromatic N) is 1. The van der Waals surface area contributed by atoms with Crippen LogP contribution in [-0.2, 0) is 0 Å². The second-order valence-corrected chi connectivity index (χ2v) is 5.06. The topological polar surface area (TPSA) is 67.2 Å². The molecule has 0 aliphatic carbocycles. The second kappa shape index (κ2) is 5.62. The number of halogens is 2. The fraction of sp³-hybridized carbons (Fsp3) is 0.455. The van der Waals surface area contributed by atoms with Crippen molar-refractivity contribution in [2.24, 2.45) is 0 Å². The molecule has 1 aliphatic heterocycles. The molecule has 0 aromatic heterocycles. The van der Waals surface area contributed by atoms with Crippen LogP contribution in [0.25, 0.3) is 0 Å². The van der Waals surface area contributed by atoms with Gasteiger partial charge in [0.05, 0.1) is 9.40 Å². The molecule has 1 aliphatic rings. The van der Waals surface area contributed by atoms with Crippen LogP contribution in [0.1, 0.15) is 12.8 Å². The van der Waals surface area contributed by atoms with Crippen LogP contribution in [-0.4, -0.2) is 24.1 Å². The lowest BCUT2D eigenvalue weighted by molar-refractivity contribution is -0.384. The Hall–Kier alpha value is -1.21. The summed E-state index contributed by atoms with van der Waals surface area (Å²) in [7, 11) is 0. The Morgan fingerprint density at radius 1 is 1.44 bits per heavy atom. The first-order valence-electron chi connectivity index (χ1n) is 5.68. The highest BCUT2D eigenvalue weighted by Crippen LogP contribution is 2.31. The van der Waals surface area contributed by atoms with Crippen molar-refractivity contribution in [1.82, 2.24) is 5.32 Å². The standard InChI is InChI=1S/C11H13BrFN3O2/c12-8-5-11(16(17)18)10(6-9(8)13)15-7-1-3-14-4-2-7/h5-7,14-15H,1-4H2. The van der Waals surface area contributed by atoms with Crippen molar-refractivity contribution in [2.75, 3.05) is 18.4 Å². The fourth-order valence-corrected chi connectivity index (χ4v) is 2.32. The minimum absolute atomic E-state index is 0.102. The molecule has 0 radical (unpaired) electrons. The zero-order valence-electron chi connectivity index (χ0n) is 9.58. The van der Waals surface area contributed by atoms with E-state index in [1.807, 2.05) is 0 Å². The van der Waals surface area contributed by atoms with Gasteiger partial charge in [-0.3, -0.25) is 10.1 Å². The van der Waals surface area contributed by atoms with Gasteiger partial charge in [-0.05, 0) is 41.9 Å². The number of piperidine rings is 1. The SMILES string of the molecule is O=[N+]([O-])c1cc(Br)c(F)cc1NC1CCNCC1. The van der Waals surface area contributed by atoms with Gasteiger partial charge in [0.1, 0.15) is 11.5 Å². The first-order chi connectivity index (χ1) is 8.58. The molecule has 0 spiro atoms. The van der Waals surface area contributed by atoms with Gasteiger partial charge in [-0.2, -0.15) is 0 Å². The molecule has 0 saturated carbocycles. The van der Waals surface area contributed by atoms with E-state index in [-0.39, 0.29) is 21.9 Å². The molecule has 98 valence electrons. The summed E-state index contributed by atoms with van der Waals surface area (Å²) < 4.78 is 13.6. The summed E-state index contributed by atoms with van der Waals surface area (Å²) in [6, 6.07) is 2.51. The van der Waals surface area contributed by atoms with Crippen molar-refractivity contribution in [2.45, 2.75) is 18.9 Å². The van der Waals surface area contributed by atoms with Crippen LogP contribution < -0.4 is 10.6 Å². The number of hydrogen-bond donors (Lipinski definition) is 2. The Bertz CT molecular complexity index is 464. The summed E-state index contributed by atoms with van der Waals surface area (Å²) >= 11 is 2.96. The van der Waals surface area contributed by atoms with Gasteiger partial charge in [0.2, 0.25) is 0 Å². The molecule has 0 unspecified atom stereocenters. The predicted octanol–water partition coefficient (Wildman–Crippen LogP) is 2.66. The lowest BCUT2D eigenvalue weighted by Crippen LogP contribution is -2.35. The Kier molecular flexibility index (Phi) is 4.13. The third-order valence-corrected chi connectivity index (χ3v) is 3.54. The van der Waals surface area contributed by atoms with E-state index in [9.17, 15) is 14.5 Å². The molecule has 0 atom stereocenters. The molecule has 1 fully saturated rings.